The number of aliphatic carboxylic acids is 1. The molecule has 0 aliphatic carbocycles. The van der Waals surface area contributed by atoms with E-state index < -0.39 is 5.97 Å². The highest BCUT2D eigenvalue weighted by Gasteiger charge is 1.95. The fourth-order valence-corrected chi connectivity index (χ4v) is 0.319. The first-order chi connectivity index (χ1) is 4.63. The van der Waals surface area contributed by atoms with Gasteiger partial charge in [0.15, 0.2) is 0 Å². The molecule has 0 saturated heterocycles. The zero-order valence-electron chi connectivity index (χ0n) is 6.37. The number of hydrazine groups is 1. The van der Waals surface area contributed by atoms with Crippen LogP contribution in [0.1, 0.15) is 6.42 Å². The van der Waals surface area contributed by atoms with Gasteiger partial charge in [-0.15, -0.1) is 0 Å². The van der Waals surface area contributed by atoms with Gasteiger partial charge in [0.1, 0.15) is 0 Å². The number of rotatable bonds is 3. The van der Waals surface area contributed by atoms with Crippen LogP contribution in [0, 0.1) is 0 Å². The highest BCUT2D eigenvalue weighted by molar-refractivity contribution is 5.66. The van der Waals surface area contributed by atoms with Gasteiger partial charge in [-0.25, -0.2) is 0 Å². The Hall–Kier alpha value is -0.650. The second-order valence-corrected chi connectivity index (χ2v) is 1.95. The highest BCUT2D eigenvalue weighted by Crippen LogP contribution is 1.80. The van der Waals surface area contributed by atoms with E-state index in [9.17, 15) is 4.79 Å². The summed E-state index contributed by atoms with van der Waals surface area (Å²) >= 11 is 0. The molecule has 0 amide bonds. The summed E-state index contributed by atoms with van der Waals surface area (Å²) in [4.78, 5) is 11.7. The van der Waals surface area contributed by atoms with Crippen molar-refractivity contribution in [1.29, 1.82) is 0 Å². The summed E-state index contributed by atoms with van der Waals surface area (Å²) in [5, 5.41) is 8.14. The minimum absolute atomic E-state index is 0.229. The van der Waals surface area contributed by atoms with Crippen LogP contribution in [0.25, 0.3) is 0 Å². The van der Waals surface area contributed by atoms with E-state index in [2.05, 4.69) is 11.7 Å². The molecule has 0 aromatic heterocycles. The second-order valence-electron chi connectivity index (χ2n) is 1.95. The lowest BCUT2D eigenvalue weighted by Gasteiger charge is -2.04. The first-order valence-corrected chi connectivity index (χ1v) is 2.83. The molecule has 0 aliphatic rings. The Kier molecular flexibility index (Phi) is 10.1. The molecule has 0 unspecified atom stereocenters. The van der Waals surface area contributed by atoms with Crippen LogP contribution in [0.3, 0.4) is 0 Å². The van der Waals surface area contributed by atoms with Crippen LogP contribution < -0.4 is 11.7 Å². The number of carboxylic acid groups (broad SMARTS) is 1. The summed E-state index contributed by atoms with van der Waals surface area (Å²) in [6.45, 7) is 0.620. The van der Waals surface area contributed by atoms with Crippen LogP contribution in [0.15, 0.2) is 0 Å². The van der Waals surface area contributed by atoms with Crippen molar-refractivity contribution in [1.82, 2.24) is 4.90 Å². The number of hydrogen-bond donors (Lipinski definition) is 3. The molecule has 5 N–H and O–H groups in total. The maximum Gasteiger partial charge on any atom is 0.304 e. The Labute approximate surface area is 60.6 Å². The molecule has 0 aliphatic heterocycles. The minimum atomic E-state index is -0.737. The smallest absolute Gasteiger partial charge is 0.304 e. The van der Waals surface area contributed by atoms with E-state index in [-0.39, 0.29) is 6.42 Å². The number of nitrogens with two attached hydrogens (primary N) is 2. The third-order valence-corrected chi connectivity index (χ3v) is 0.773. The third-order valence-electron chi connectivity index (χ3n) is 0.773. The van der Waals surface area contributed by atoms with Gasteiger partial charge in [0.05, 0.1) is 6.42 Å². The van der Waals surface area contributed by atoms with Gasteiger partial charge in [0.25, 0.3) is 0 Å². The van der Waals surface area contributed by atoms with Crippen LogP contribution in [-0.4, -0.2) is 36.6 Å². The van der Waals surface area contributed by atoms with Gasteiger partial charge >= 0.3 is 5.97 Å². The van der Waals surface area contributed by atoms with E-state index in [1.807, 2.05) is 19.0 Å². The van der Waals surface area contributed by atoms with Gasteiger partial charge in [0.2, 0.25) is 0 Å². The molecule has 5 nitrogen and oxygen atoms in total. The summed E-state index contributed by atoms with van der Waals surface area (Å²) in [6.07, 6.45) is 0.229. The van der Waals surface area contributed by atoms with E-state index in [0.717, 1.165) is 0 Å². The minimum Gasteiger partial charge on any atom is -0.481 e. The van der Waals surface area contributed by atoms with Crippen molar-refractivity contribution in [2.75, 3.05) is 20.6 Å². The number of carbonyl (C=O) groups is 1. The van der Waals surface area contributed by atoms with Crippen molar-refractivity contribution < 1.29 is 9.90 Å². The molecule has 62 valence electrons. The molecule has 0 spiro atoms. The first kappa shape index (κ1) is 12.1. The highest BCUT2D eigenvalue weighted by atomic mass is 16.4. The largest absolute Gasteiger partial charge is 0.481 e. The molecule has 0 saturated carbocycles. The van der Waals surface area contributed by atoms with Crippen LogP contribution in [0.5, 0.6) is 0 Å². The second kappa shape index (κ2) is 8.35. The van der Waals surface area contributed by atoms with E-state index in [0.29, 0.717) is 6.54 Å². The van der Waals surface area contributed by atoms with Crippen molar-refractivity contribution in [3.63, 3.8) is 0 Å². The lowest BCUT2D eigenvalue weighted by molar-refractivity contribution is -0.137. The molecular formula is C5H15N3O2. The van der Waals surface area contributed by atoms with E-state index >= 15 is 0 Å². The first-order valence-electron chi connectivity index (χ1n) is 2.83. The molecule has 0 fully saturated rings. The number of nitrogens with zero attached hydrogens (tertiary/aromatic N) is 1. The Morgan fingerprint density at radius 1 is 1.50 bits per heavy atom. The summed E-state index contributed by atoms with van der Waals surface area (Å²) in [6, 6.07) is 0. The number of carboxylic acids is 1. The predicted molar refractivity (Wildman–Crippen MR) is 39.2 cm³/mol. The van der Waals surface area contributed by atoms with Crippen LogP contribution in [-0.2, 0) is 4.79 Å². The van der Waals surface area contributed by atoms with Gasteiger partial charge in [-0.2, -0.15) is 0 Å². The molecule has 10 heavy (non-hydrogen) atoms. The average Bonchev–Trinajstić information content (AvgIpc) is 1.89. The zero-order chi connectivity index (χ0) is 8.57. The lowest BCUT2D eigenvalue weighted by Crippen LogP contribution is -2.15. The van der Waals surface area contributed by atoms with Crippen LogP contribution >= 0.6 is 0 Å². The molecule has 0 aromatic rings. The topological polar surface area (TPSA) is 92.6 Å². The summed E-state index contributed by atoms with van der Waals surface area (Å²) in [7, 11) is 3.70. The normalized spacial score (nSPS) is 8.50. The quantitative estimate of drug-likeness (QED) is 0.348. The van der Waals surface area contributed by atoms with Gasteiger partial charge < -0.3 is 10.0 Å². The van der Waals surface area contributed by atoms with Crippen molar-refractivity contribution in [3.8, 4) is 0 Å². The summed E-state index contributed by atoms with van der Waals surface area (Å²) < 4.78 is 0. The van der Waals surface area contributed by atoms with Crippen LogP contribution in [0.2, 0.25) is 0 Å². The molecular weight excluding hydrogens is 134 g/mol. The van der Waals surface area contributed by atoms with E-state index in [4.69, 9.17) is 5.11 Å². The standard InChI is InChI=1S/C5H11NO2.H4N2/c1-6(2)4-3-5(7)8;1-2/h3-4H2,1-2H3,(H,7,8);1-2H2. The molecule has 0 bridgehead atoms. The zero-order valence-corrected chi connectivity index (χ0v) is 6.37. The Morgan fingerprint density at radius 3 is 2.00 bits per heavy atom. The molecule has 0 atom stereocenters. The Morgan fingerprint density at radius 2 is 1.90 bits per heavy atom. The molecule has 5 heteroatoms. The van der Waals surface area contributed by atoms with Crippen molar-refractivity contribution in [2.24, 2.45) is 11.7 Å². The maximum atomic E-state index is 9.88. The van der Waals surface area contributed by atoms with E-state index in [1.54, 1.807) is 0 Å². The molecule has 0 radical (unpaired) electrons. The number of hydrogen-bond acceptors (Lipinski definition) is 4. The van der Waals surface area contributed by atoms with E-state index in [1.165, 1.54) is 0 Å². The molecule has 0 aromatic carbocycles. The van der Waals surface area contributed by atoms with Crippen LogP contribution in [0.4, 0.5) is 0 Å². The monoisotopic (exact) mass is 149 g/mol. The van der Waals surface area contributed by atoms with Crippen molar-refractivity contribution >= 4 is 5.97 Å². The summed E-state index contributed by atoms with van der Waals surface area (Å²) in [5.74, 6) is 7.26. The van der Waals surface area contributed by atoms with Crippen molar-refractivity contribution in [2.45, 2.75) is 6.42 Å². The SMILES string of the molecule is CN(C)CCC(=O)O.NN. The van der Waals surface area contributed by atoms with Gasteiger partial charge in [-0.3, -0.25) is 16.5 Å². The van der Waals surface area contributed by atoms with Gasteiger partial charge in [0, 0.05) is 6.54 Å². The third kappa shape index (κ3) is 15.7. The Bertz CT molecular complexity index is 85.0. The maximum absolute atomic E-state index is 9.88. The lowest BCUT2D eigenvalue weighted by atomic mass is 10.4. The molecule has 0 heterocycles. The van der Waals surface area contributed by atoms with Gasteiger partial charge in [-0.1, -0.05) is 0 Å². The molecule has 0 rings (SSSR count). The average molecular weight is 149 g/mol. The Balaban J connectivity index is 0. The fourth-order valence-electron chi connectivity index (χ4n) is 0.319. The summed E-state index contributed by atoms with van der Waals surface area (Å²) in [5.41, 5.74) is 0. The van der Waals surface area contributed by atoms with Crippen molar-refractivity contribution in [3.05, 3.63) is 0 Å². The fraction of sp³-hybridized carbons (Fsp3) is 0.800. The van der Waals surface area contributed by atoms with Gasteiger partial charge in [-0.05, 0) is 14.1 Å². The predicted octanol–water partition coefficient (Wildman–Crippen LogP) is -1.16.